The molecular formula is C13H14ClIN2O. The predicted molar refractivity (Wildman–Crippen MR) is 80.7 cm³/mol. The van der Waals surface area contributed by atoms with Crippen molar-refractivity contribution in [2.24, 2.45) is 5.92 Å². The highest BCUT2D eigenvalue weighted by Crippen LogP contribution is 2.27. The van der Waals surface area contributed by atoms with E-state index < -0.39 is 0 Å². The van der Waals surface area contributed by atoms with Gasteiger partial charge < -0.3 is 4.42 Å². The first-order valence-electron chi connectivity index (χ1n) is 5.75. The highest BCUT2D eigenvalue weighted by Gasteiger charge is 2.15. The maximum absolute atomic E-state index is 6.18. The molecule has 0 amide bonds. The van der Waals surface area contributed by atoms with Gasteiger partial charge in [-0.15, -0.1) is 0 Å². The van der Waals surface area contributed by atoms with Gasteiger partial charge in [0, 0.05) is 0 Å². The summed E-state index contributed by atoms with van der Waals surface area (Å²) in [6, 6.07) is 1.87. The lowest BCUT2D eigenvalue weighted by molar-refractivity contribution is 0.535. The van der Waals surface area contributed by atoms with Crippen LogP contribution in [0.15, 0.2) is 16.7 Å². The number of furan rings is 1. The fourth-order valence-electron chi connectivity index (χ4n) is 1.72. The Balaban J connectivity index is 2.51. The van der Waals surface area contributed by atoms with Crippen LogP contribution in [0.5, 0.6) is 0 Å². The summed E-state index contributed by atoms with van der Waals surface area (Å²) in [5.74, 6) is 1.98. The third-order valence-electron chi connectivity index (χ3n) is 2.58. The molecule has 2 aromatic heterocycles. The lowest BCUT2D eigenvalue weighted by atomic mass is 10.1. The molecule has 0 aromatic carbocycles. The molecule has 5 heteroatoms. The Morgan fingerprint density at radius 3 is 2.67 bits per heavy atom. The van der Waals surface area contributed by atoms with Crippen molar-refractivity contribution in [3.05, 3.63) is 32.5 Å². The molecule has 0 unspecified atom stereocenters. The second kappa shape index (κ2) is 5.57. The van der Waals surface area contributed by atoms with Gasteiger partial charge in [-0.2, -0.15) is 0 Å². The van der Waals surface area contributed by atoms with E-state index in [0.717, 1.165) is 27.0 Å². The van der Waals surface area contributed by atoms with Gasteiger partial charge in [0.15, 0.2) is 5.82 Å². The SMILES string of the molecule is Cc1occc1-c1nc(Cl)c(I)c(CC(C)C)n1. The Morgan fingerprint density at radius 1 is 1.39 bits per heavy atom. The first-order valence-corrected chi connectivity index (χ1v) is 7.21. The van der Waals surface area contributed by atoms with Crippen LogP contribution in [0.25, 0.3) is 11.4 Å². The van der Waals surface area contributed by atoms with E-state index in [1.807, 2.05) is 13.0 Å². The van der Waals surface area contributed by atoms with Crippen molar-refractivity contribution in [2.45, 2.75) is 27.2 Å². The maximum atomic E-state index is 6.18. The summed E-state index contributed by atoms with van der Waals surface area (Å²) in [6.45, 7) is 6.22. The number of aromatic nitrogens is 2. The van der Waals surface area contributed by atoms with Gasteiger partial charge in [0.1, 0.15) is 10.9 Å². The van der Waals surface area contributed by atoms with Crippen LogP contribution < -0.4 is 0 Å². The summed E-state index contributed by atoms with van der Waals surface area (Å²) in [4.78, 5) is 8.94. The molecule has 0 saturated carbocycles. The zero-order chi connectivity index (χ0) is 13.3. The van der Waals surface area contributed by atoms with Crippen molar-refractivity contribution in [2.75, 3.05) is 0 Å². The van der Waals surface area contributed by atoms with E-state index >= 15 is 0 Å². The first kappa shape index (κ1) is 13.8. The van der Waals surface area contributed by atoms with Crippen molar-refractivity contribution in [3.8, 4) is 11.4 Å². The molecule has 0 atom stereocenters. The quantitative estimate of drug-likeness (QED) is 0.585. The van der Waals surface area contributed by atoms with Crippen LogP contribution in [-0.4, -0.2) is 9.97 Å². The number of hydrogen-bond acceptors (Lipinski definition) is 3. The van der Waals surface area contributed by atoms with Crippen LogP contribution >= 0.6 is 34.2 Å². The van der Waals surface area contributed by atoms with Crippen LogP contribution in [0.1, 0.15) is 25.3 Å². The van der Waals surface area contributed by atoms with Gasteiger partial charge in [-0.05, 0) is 47.9 Å². The van der Waals surface area contributed by atoms with E-state index in [4.69, 9.17) is 16.0 Å². The summed E-state index contributed by atoms with van der Waals surface area (Å²) in [7, 11) is 0. The van der Waals surface area contributed by atoms with Gasteiger partial charge in [-0.3, -0.25) is 0 Å². The molecule has 2 rings (SSSR count). The van der Waals surface area contributed by atoms with Gasteiger partial charge in [0.05, 0.1) is 21.1 Å². The van der Waals surface area contributed by atoms with E-state index in [0.29, 0.717) is 16.9 Å². The van der Waals surface area contributed by atoms with Crippen LogP contribution in [-0.2, 0) is 6.42 Å². The minimum Gasteiger partial charge on any atom is -0.469 e. The smallest absolute Gasteiger partial charge is 0.164 e. The average molecular weight is 377 g/mol. The normalized spacial score (nSPS) is 11.2. The summed E-state index contributed by atoms with van der Waals surface area (Å²) in [5.41, 5.74) is 1.90. The highest BCUT2D eigenvalue weighted by molar-refractivity contribution is 14.1. The van der Waals surface area contributed by atoms with Gasteiger partial charge in [0.2, 0.25) is 0 Å². The zero-order valence-electron chi connectivity index (χ0n) is 10.5. The van der Waals surface area contributed by atoms with Gasteiger partial charge in [-0.1, -0.05) is 25.4 Å². The van der Waals surface area contributed by atoms with Crippen molar-refractivity contribution >= 4 is 34.2 Å². The number of nitrogens with zero attached hydrogens (tertiary/aromatic N) is 2. The third-order valence-corrected chi connectivity index (χ3v) is 4.31. The monoisotopic (exact) mass is 376 g/mol. The Labute approximate surface area is 125 Å². The van der Waals surface area contributed by atoms with Crippen molar-refractivity contribution in [3.63, 3.8) is 0 Å². The van der Waals surface area contributed by atoms with E-state index in [2.05, 4.69) is 46.4 Å². The third kappa shape index (κ3) is 2.85. The molecule has 0 N–H and O–H groups in total. The molecule has 0 aliphatic carbocycles. The van der Waals surface area contributed by atoms with Crippen molar-refractivity contribution in [1.82, 2.24) is 9.97 Å². The number of rotatable bonds is 3. The Kier molecular flexibility index (Phi) is 4.27. The molecule has 2 heterocycles. The van der Waals surface area contributed by atoms with Gasteiger partial charge in [0.25, 0.3) is 0 Å². The van der Waals surface area contributed by atoms with Crippen molar-refractivity contribution in [1.29, 1.82) is 0 Å². The molecule has 18 heavy (non-hydrogen) atoms. The summed E-state index contributed by atoms with van der Waals surface area (Å²) < 4.78 is 6.22. The lowest BCUT2D eigenvalue weighted by Crippen LogP contribution is -2.04. The summed E-state index contributed by atoms with van der Waals surface area (Å²) in [6.07, 6.45) is 2.53. The molecule has 0 radical (unpaired) electrons. The second-order valence-electron chi connectivity index (χ2n) is 4.59. The fourth-order valence-corrected chi connectivity index (χ4v) is 2.37. The van der Waals surface area contributed by atoms with Crippen LogP contribution in [0, 0.1) is 16.4 Å². The molecule has 0 aliphatic rings. The van der Waals surface area contributed by atoms with Gasteiger partial charge >= 0.3 is 0 Å². The molecule has 96 valence electrons. The Hall–Kier alpha value is -0.620. The molecule has 3 nitrogen and oxygen atoms in total. The fraction of sp³-hybridized carbons (Fsp3) is 0.385. The van der Waals surface area contributed by atoms with Crippen LogP contribution in [0.2, 0.25) is 5.15 Å². The molecule has 0 spiro atoms. The minimum atomic E-state index is 0.511. The van der Waals surface area contributed by atoms with E-state index in [-0.39, 0.29) is 0 Å². The molecule has 0 fully saturated rings. The molecule has 2 aromatic rings. The van der Waals surface area contributed by atoms with Crippen LogP contribution in [0.3, 0.4) is 0 Å². The largest absolute Gasteiger partial charge is 0.469 e. The number of halogens is 2. The number of aryl methyl sites for hydroxylation is 1. The minimum absolute atomic E-state index is 0.511. The van der Waals surface area contributed by atoms with Gasteiger partial charge in [-0.25, -0.2) is 9.97 Å². The van der Waals surface area contributed by atoms with Crippen molar-refractivity contribution < 1.29 is 4.42 Å². The Morgan fingerprint density at radius 2 is 2.11 bits per heavy atom. The molecule has 0 aliphatic heterocycles. The first-order chi connectivity index (χ1) is 8.49. The summed E-state index contributed by atoms with van der Waals surface area (Å²) >= 11 is 8.38. The maximum Gasteiger partial charge on any atom is 0.164 e. The summed E-state index contributed by atoms with van der Waals surface area (Å²) in [5, 5.41) is 0.511. The van der Waals surface area contributed by atoms with E-state index in [1.54, 1.807) is 6.26 Å². The second-order valence-corrected chi connectivity index (χ2v) is 6.02. The lowest BCUT2D eigenvalue weighted by Gasteiger charge is -2.09. The number of hydrogen-bond donors (Lipinski definition) is 0. The standard InChI is InChI=1S/C13H14ClIN2O/c1-7(2)6-10-11(15)12(14)17-13(16-10)9-4-5-18-8(9)3/h4-5,7H,6H2,1-3H3. The molecule has 0 bridgehead atoms. The van der Waals surface area contributed by atoms with E-state index in [1.165, 1.54) is 0 Å². The highest BCUT2D eigenvalue weighted by atomic mass is 127. The van der Waals surface area contributed by atoms with Crippen LogP contribution in [0.4, 0.5) is 0 Å². The zero-order valence-corrected chi connectivity index (χ0v) is 13.4. The van der Waals surface area contributed by atoms with E-state index in [9.17, 15) is 0 Å². The topological polar surface area (TPSA) is 38.9 Å². The molecular weight excluding hydrogens is 363 g/mol. The molecule has 0 saturated heterocycles. The predicted octanol–water partition coefficient (Wildman–Crippen LogP) is 4.50. The average Bonchev–Trinajstić information content (AvgIpc) is 2.70. The Bertz CT molecular complexity index is 566.